The number of hydrogen-bond donors (Lipinski definition) is 0. The molecule has 0 saturated carbocycles. The molecule has 0 aliphatic rings. The lowest BCUT2D eigenvalue weighted by molar-refractivity contribution is 0.590. The van der Waals surface area contributed by atoms with Crippen LogP contribution in [-0.4, -0.2) is 0 Å². The van der Waals surface area contributed by atoms with Crippen LogP contribution in [-0.2, 0) is 12.8 Å². The highest BCUT2D eigenvalue weighted by Gasteiger charge is 2.17. The van der Waals surface area contributed by atoms with Gasteiger partial charge in [0.05, 0.1) is 5.56 Å². The van der Waals surface area contributed by atoms with Crippen LogP contribution in [0.1, 0.15) is 30.9 Å². The van der Waals surface area contributed by atoms with E-state index in [1.165, 1.54) is 12.1 Å². The predicted octanol–water partition coefficient (Wildman–Crippen LogP) is 8.66. The van der Waals surface area contributed by atoms with Gasteiger partial charge in [-0.05, 0) is 59.0 Å². The summed E-state index contributed by atoms with van der Waals surface area (Å²) in [6.07, 6.45) is 5.44. The zero-order valence-corrected chi connectivity index (χ0v) is 18.1. The lowest BCUT2D eigenvalue weighted by atomic mass is 9.95. The molecule has 4 aromatic rings. The Kier molecular flexibility index (Phi) is 6.45. The van der Waals surface area contributed by atoms with E-state index in [0.717, 1.165) is 42.2 Å². The summed E-state index contributed by atoms with van der Waals surface area (Å²) in [5.41, 5.74) is 2.94. The Labute approximate surface area is 187 Å². The number of rotatable bonds is 7. The monoisotopic (exact) mass is 430 g/mol. The summed E-state index contributed by atoms with van der Waals surface area (Å²) in [4.78, 5) is 0. The van der Waals surface area contributed by atoms with Crippen molar-refractivity contribution < 1.29 is 13.2 Å². The summed E-state index contributed by atoms with van der Waals surface area (Å²) in [7, 11) is 0. The van der Waals surface area contributed by atoms with Crippen molar-refractivity contribution in [3.8, 4) is 22.3 Å². The second-order valence-electron chi connectivity index (χ2n) is 8.07. The Hall–Kier alpha value is -3.33. The largest absolute Gasteiger partial charge is 0.206 e. The van der Waals surface area contributed by atoms with Gasteiger partial charge in [-0.25, -0.2) is 13.2 Å². The SMILES string of the molecule is C=CCCc1ccc(-c2c(F)cc(-c3ccc4cc(CCC)ccc4c3F)cc2F)cc1. The van der Waals surface area contributed by atoms with Gasteiger partial charge in [0.15, 0.2) is 0 Å². The molecule has 0 bridgehead atoms. The van der Waals surface area contributed by atoms with Crippen molar-refractivity contribution in [2.45, 2.75) is 32.6 Å². The molecule has 0 amide bonds. The summed E-state index contributed by atoms with van der Waals surface area (Å²) in [6.45, 7) is 5.80. The minimum Gasteiger partial charge on any atom is -0.206 e. The zero-order valence-electron chi connectivity index (χ0n) is 18.1. The maximum absolute atomic E-state index is 15.3. The fourth-order valence-corrected chi connectivity index (χ4v) is 4.12. The van der Waals surface area contributed by atoms with Crippen LogP contribution in [0.25, 0.3) is 33.0 Å². The van der Waals surface area contributed by atoms with E-state index in [0.29, 0.717) is 10.9 Å². The Bertz CT molecular complexity index is 1250. The molecule has 0 atom stereocenters. The standard InChI is InChI=1S/C29H25F3/c1-3-5-7-19-8-11-21(12-9-19)28-26(30)17-23(18-27(28)31)25-15-13-22-16-20(6-4-2)10-14-24(22)29(25)32/h3,8-18H,1,4-7H2,2H3. The molecule has 162 valence electrons. The molecule has 0 radical (unpaired) electrons. The first-order chi connectivity index (χ1) is 15.5. The molecule has 0 N–H and O–H groups in total. The Morgan fingerprint density at radius 3 is 2.09 bits per heavy atom. The molecule has 0 aliphatic heterocycles. The van der Waals surface area contributed by atoms with Crippen LogP contribution in [0, 0.1) is 17.5 Å². The fraction of sp³-hybridized carbons (Fsp3) is 0.172. The molecule has 0 aromatic heterocycles. The lowest BCUT2D eigenvalue weighted by Gasteiger charge is -2.12. The second kappa shape index (κ2) is 9.44. The van der Waals surface area contributed by atoms with Crippen molar-refractivity contribution in [3.63, 3.8) is 0 Å². The summed E-state index contributed by atoms with van der Waals surface area (Å²) >= 11 is 0. The lowest BCUT2D eigenvalue weighted by Crippen LogP contribution is -1.95. The van der Waals surface area contributed by atoms with Crippen LogP contribution < -0.4 is 0 Å². The number of allylic oxidation sites excluding steroid dienone is 1. The first-order valence-corrected chi connectivity index (χ1v) is 10.9. The molecule has 0 spiro atoms. The number of halogens is 3. The van der Waals surface area contributed by atoms with Crippen LogP contribution in [0.2, 0.25) is 0 Å². The van der Waals surface area contributed by atoms with Gasteiger partial charge in [0.25, 0.3) is 0 Å². The van der Waals surface area contributed by atoms with E-state index >= 15 is 4.39 Å². The number of aryl methyl sites for hydroxylation is 2. The van der Waals surface area contributed by atoms with Gasteiger partial charge in [-0.3, -0.25) is 0 Å². The fourth-order valence-electron chi connectivity index (χ4n) is 4.12. The van der Waals surface area contributed by atoms with Gasteiger partial charge in [-0.15, -0.1) is 6.58 Å². The van der Waals surface area contributed by atoms with Gasteiger partial charge in [0.2, 0.25) is 0 Å². The van der Waals surface area contributed by atoms with Gasteiger partial charge in [0.1, 0.15) is 17.5 Å². The Balaban J connectivity index is 1.71. The van der Waals surface area contributed by atoms with Crippen LogP contribution in [0.4, 0.5) is 13.2 Å². The average molecular weight is 431 g/mol. The van der Waals surface area contributed by atoms with Crippen LogP contribution in [0.15, 0.2) is 79.4 Å². The van der Waals surface area contributed by atoms with Gasteiger partial charge in [-0.1, -0.05) is 74.0 Å². The summed E-state index contributed by atoms with van der Waals surface area (Å²) in [5.74, 6) is -1.89. The second-order valence-corrected chi connectivity index (χ2v) is 8.07. The molecule has 32 heavy (non-hydrogen) atoms. The van der Waals surface area contributed by atoms with Crippen molar-refractivity contribution in [1.29, 1.82) is 0 Å². The third-order valence-electron chi connectivity index (χ3n) is 5.79. The highest BCUT2D eigenvalue weighted by molar-refractivity contribution is 5.89. The molecule has 0 heterocycles. The van der Waals surface area contributed by atoms with Crippen molar-refractivity contribution in [2.24, 2.45) is 0 Å². The molecule has 0 fully saturated rings. The average Bonchev–Trinajstić information content (AvgIpc) is 2.78. The molecular formula is C29H25F3. The maximum atomic E-state index is 15.3. The van der Waals surface area contributed by atoms with Crippen molar-refractivity contribution in [2.75, 3.05) is 0 Å². The molecule has 0 nitrogen and oxygen atoms in total. The van der Waals surface area contributed by atoms with Crippen LogP contribution in [0.5, 0.6) is 0 Å². The molecule has 0 saturated heterocycles. The molecule has 4 rings (SSSR count). The van der Waals surface area contributed by atoms with E-state index in [9.17, 15) is 8.78 Å². The first kappa shape index (κ1) is 21.9. The summed E-state index contributed by atoms with van der Waals surface area (Å²) < 4.78 is 45.2. The van der Waals surface area contributed by atoms with Gasteiger partial charge in [-0.2, -0.15) is 0 Å². The first-order valence-electron chi connectivity index (χ1n) is 10.9. The quantitative estimate of drug-likeness (QED) is 0.257. The van der Waals surface area contributed by atoms with E-state index in [1.807, 2.05) is 30.3 Å². The van der Waals surface area contributed by atoms with Crippen molar-refractivity contribution in [3.05, 3.63) is 108 Å². The maximum Gasteiger partial charge on any atom is 0.138 e. The number of benzene rings is 4. The smallest absolute Gasteiger partial charge is 0.138 e. The van der Waals surface area contributed by atoms with Crippen molar-refractivity contribution >= 4 is 10.8 Å². The zero-order chi connectivity index (χ0) is 22.7. The van der Waals surface area contributed by atoms with E-state index in [-0.39, 0.29) is 16.7 Å². The Morgan fingerprint density at radius 2 is 1.44 bits per heavy atom. The highest BCUT2D eigenvalue weighted by Crippen LogP contribution is 2.34. The third kappa shape index (κ3) is 4.34. The molecule has 0 aliphatic carbocycles. The van der Waals surface area contributed by atoms with Gasteiger partial charge >= 0.3 is 0 Å². The molecule has 3 heteroatoms. The van der Waals surface area contributed by atoms with Gasteiger partial charge in [0, 0.05) is 10.9 Å². The third-order valence-corrected chi connectivity index (χ3v) is 5.79. The summed E-state index contributed by atoms with van der Waals surface area (Å²) in [6, 6.07) is 18.6. The van der Waals surface area contributed by atoms with E-state index in [4.69, 9.17) is 0 Å². The van der Waals surface area contributed by atoms with E-state index in [2.05, 4.69) is 13.5 Å². The van der Waals surface area contributed by atoms with E-state index in [1.54, 1.807) is 30.3 Å². The van der Waals surface area contributed by atoms with E-state index < -0.39 is 17.5 Å². The van der Waals surface area contributed by atoms with Crippen LogP contribution >= 0.6 is 0 Å². The molecular weight excluding hydrogens is 405 g/mol. The minimum atomic E-state index is -0.711. The Morgan fingerprint density at radius 1 is 0.750 bits per heavy atom. The number of hydrogen-bond acceptors (Lipinski definition) is 0. The van der Waals surface area contributed by atoms with Crippen LogP contribution in [0.3, 0.4) is 0 Å². The van der Waals surface area contributed by atoms with Gasteiger partial charge < -0.3 is 0 Å². The minimum absolute atomic E-state index is 0.102. The normalized spacial score (nSPS) is 11.1. The predicted molar refractivity (Wildman–Crippen MR) is 127 cm³/mol. The number of fused-ring (bicyclic) bond motifs is 1. The topological polar surface area (TPSA) is 0 Å². The van der Waals surface area contributed by atoms with Crippen molar-refractivity contribution in [1.82, 2.24) is 0 Å². The summed E-state index contributed by atoms with van der Waals surface area (Å²) in [5, 5.41) is 1.23. The molecule has 0 unspecified atom stereocenters. The molecule has 4 aromatic carbocycles. The highest BCUT2D eigenvalue weighted by atomic mass is 19.1.